The van der Waals surface area contributed by atoms with Gasteiger partial charge in [0.15, 0.2) is 6.10 Å². The molecule has 4 rings (SSSR count). The molecule has 44 heavy (non-hydrogen) atoms. The molecule has 2 aliphatic rings. The van der Waals surface area contributed by atoms with Crippen molar-refractivity contribution in [1.82, 2.24) is 26.1 Å². The van der Waals surface area contributed by atoms with Crippen molar-refractivity contribution in [1.29, 1.82) is 0 Å². The number of cyclic esters (lactones) is 1. The number of hydrogen-bond acceptors (Lipinski definition) is 8. The molecule has 11 heteroatoms. The van der Waals surface area contributed by atoms with Gasteiger partial charge in [-0.15, -0.1) is 0 Å². The maximum atomic E-state index is 13.3. The Morgan fingerprint density at radius 1 is 0.977 bits per heavy atom. The van der Waals surface area contributed by atoms with Gasteiger partial charge in [0.05, 0.1) is 23.4 Å². The van der Waals surface area contributed by atoms with Crippen molar-refractivity contribution < 1.29 is 28.7 Å². The maximum absolute atomic E-state index is 13.3. The summed E-state index contributed by atoms with van der Waals surface area (Å²) in [5, 5.41) is 8.11. The number of carbonyl (C=O) groups excluding carboxylic acids is 4. The molecule has 2 aromatic rings. The van der Waals surface area contributed by atoms with Gasteiger partial charge in [-0.05, 0) is 69.6 Å². The Bertz CT molecular complexity index is 1380. The first-order chi connectivity index (χ1) is 21.0. The number of ether oxygens (including phenoxy) is 2. The van der Waals surface area contributed by atoms with Crippen LogP contribution in [0.3, 0.4) is 0 Å². The number of esters is 1. The van der Waals surface area contributed by atoms with Crippen LogP contribution in [0.25, 0.3) is 17.0 Å². The first-order valence-electron chi connectivity index (χ1n) is 15.5. The van der Waals surface area contributed by atoms with E-state index >= 15 is 0 Å². The van der Waals surface area contributed by atoms with Crippen LogP contribution in [-0.2, 0) is 28.7 Å². The second-order valence-electron chi connectivity index (χ2n) is 12.0. The highest BCUT2D eigenvalue weighted by molar-refractivity contribution is 5.90. The van der Waals surface area contributed by atoms with E-state index in [1.807, 2.05) is 43.3 Å². The normalized spacial score (nSPS) is 27.4. The lowest BCUT2D eigenvalue weighted by Gasteiger charge is -2.35. The molecule has 5 atom stereocenters. The molecule has 0 radical (unpaired) electrons. The molecule has 3 N–H and O–H groups in total. The number of hydrogen-bond donors (Lipinski definition) is 3. The van der Waals surface area contributed by atoms with Gasteiger partial charge in [-0.3, -0.25) is 29.2 Å². The van der Waals surface area contributed by atoms with Gasteiger partial charge in [0.2, 0.25) is 5.91 Å². The monoisotopic (exact) mass is 607 g/mol. The van der Waals surface area contributed by atoms with Gasteiger partial charge in [0, 0.05) is 25.5 Å². The molecule has 3 amide bonds. The van der Waals surface area contributed by atoms with E-state index in [4.69, 9.17) is 14.5 Å². The Balaban J connectivity index is 1.57. The van der Waals surface area contributed by atoms with Gasteiger partial charge in [-0.1, -0.05) is 44.2 Å². The van der Waals surface area contributed by atoms with E-state index < -0.39 is 30.1 Å². The molecule has 11 nitrogen and oxygen atoms in total. The molecular formula is C33H45N5O6. The zero-order valence-electron chi connectivity index (χ0n) is 26.3. The highest BCUT2D eigenvalue weighted by Gasteiger charge is 2.34. The van der Waals surface area contributed by atoms with E-state index in [2.05, 4.69) is 22.1 Å². The van der Waals surface area contributed by atoms with Crippen LogP contribution in [0.1, 0.15) is 83.5 Å². The van der Waals surface area contributed by atoms with Crippen LogP contribution in [0.15, 0.2) is 36.4 Å². The number of pyridine rings is 1. The van der Waals surface area contributed by atoms with Crippen molar-refractivity contribution in [3.63, 3.8) is 0 Å². The molecule has 238 valence electrons. The predicted molar refractivity (Wildman–Crippen MR) is 167 cm³/mol. The average molecular weight is 608 g/mol. The number of carbonyl (C=O) groups is 4. The third-order valence-corrected chi connectivity index (χ3v) is 8.13. The third kappa shape index (κ3) is 8.63. The van der Waals surface area contributed by atoms with Crippen LogP contribution >= 0.6 is 0 Å². The van der Waals surface area contributed by atoms with Crippen LogP contribution in [-0.4, -0.2) is 71.6 Å². The molecule has 0 saturated carbocycles. The number of benzene rings is 1. The van der Waals surface area contributed by atoms with E-state index in [-0.39, 0.29) is 36.3 Å². The summed E-state index contributed by atoms with van der Waals surface area (Å²) in [6.07, 6.45) is 6.11. The first-order valence-corrected chi connectivity index (χ1v) is 15.5. The minimum atomic E-state index is -1.05. The van der Waals surface area contributed by atoms with E-state index in [1.165, 1.54) is 5.01 Å². The Labute approximate surface area is 259 Å². The number of allylic oxidation sites excluding steroid dienone is 1. The highest BCUT2D eigenvalue weighted by Crippen LogP contribution is 2.21. The van der Waals surface area contributed by atoms with Crippen LogP contribution < -0.4 is 16.1 Å². The Hall–Kier alpha value is -3.83. The SMILES string of the molecule is CO[C@@H]1CC/C=C/c2ccc3ccc(nc3c2)[C@@H](C)NC(=O)[C@@H]2CCCN(N2)C(=O)[C@H](C)NC(=O)[C@H](C(C)C)OC(=O)CC1. The van der Waals surface area contributed by atoms with Crippen LogP contribution in [0.4, 0.5) is 0 Å². The van der Waals surface area contributed by atoms with Crippen molar-refractivity contribution in [3.05, 3.63) is 47.7 Å². The summed E-state index contributed by atoms with van der Waals surface area (Å²) < 4.78 is 11.2. The summed E-state index contributed by atoms with van der Waals surface area (Å²) in [6.45, 7) is 7.42. The molecule has 5 bridgehead atoms. The van der Waals surface area contributed by atoms with Gasteiger partial charge in [0.25, 0.3) is 11.8 Å². The molecule has 2 aliphatic heterocycles. The molecule has 1 aromatic heterocycles. The molecule has 0 unspecified atom stereocenters. The van der Waals surface area contributed by atoms with Crippen LogP contribution in [0, 0.1) is 5.92 Å². The summed E-state index contributed by atoms with van der Waals surface area (Å²) in [6, 6.07) is 8.10. The number of nitrogens with one attached hydrogen (secondary N) is 3. The number of nitrogens with zero attached hydrogens (tertiary/aromatic N) is 2. The average Bonchev–Trinajstić information content (AvgIpc) is 3.01. The molecule has 3 heterocycles. The fraction of sp³-hybridized carbons (Fsp3) is 0.545. The quantitative estimate of drug-likeness (QED) is 0.441. The number of methoxy groups -OCH3 is 1. The molecule has 1 fully saturated rings. The lowest BCUT2D eigenvalue weighted by atomic mass is 10.1. The smallest absolute Gasteiger partial charge is 0.306 e. The fourth-order valence-electron chi connectivity index (χ4n) is 5.46. The standard InChI is InChI=1S/C33H45N5O6/c1-20(2)30-32(41)35-22(4)33(42)38-18-8-11-27(37-38)31(40)34-21(3)26-16-14-24-13-12-23(19-28(24)36-26)9-6-7-10-25(43-5)15-17-29(39)44-30/h6,9,12-14,16,19-22,25,27,30,37H,7-8,10-11,15,17-18H2,1-5H3,(H,34,40)(H,35,41)/b9-6+/t21-,22+,25-,27+,30+/m1/s1. The van der Waals surface area contributed by atoms with Gasteiger partial charge in [0.1, 0.15) is 12.1 Å². The number of aromatic nitrogens is 1. The Morgan fingerprint density at radius 3 is 2.48 bits per heavy atom. The molecule has 1 aromatic carbocycles. The number of amides is 3. The van der Waals surface area contributed by atoms with Crippen molar-refractivity contribution in [2.75, 3.05) is 13.7 Å². The summed E-state index contributed by atoms with van der Waals surface area (Å²) >= 11 is 0. The maximum Gasteiger partial charge on any atom is 0.306 e. The van der Waals surface area contributed by atoms with Crippen molar-refractivity contribution in [3.8, 4) is 0 Å². The van der Waals surface area contributed by atoms with E-state index in [0.717, 1.165) is 28.6 Å². The minimum Gasteiger partial charge on any atom is -0.452 e. The van der Waals surface area contributed by atoms with Crippen molar-refractivity contribution in [2.45, 2.75) is 96.6 Å². The lowest BCUT2D eigenvalue weighted by molar-refractivity contribution is -0.160. The van der Waals surface area contributed by atoms with Gasteiger partial charge in [-0.2, -0.15) is 0 Å². The molecule has 0 aliphatic carbocycles. The third-order valence-electron chi connectivity index (χ3n) is 8.13. The fourth-order valence-corrected chi connectivity index (χ4v) is 5.46. The van der Waals surface area contributed by atoms with E-state index in [9.17, 15) is 19.2 Å². The van der Waals surface area contributed by atoms with E-state index in [1.54, 1.807) is 27.9 Å². The summed E-state index contributed by atoms with van der Waals surface area (Å²) in [7, 11) is 1.62. The highest BCUT2D eigenvalue weighted by atomic mass is 16.5. The second-order valence-corrected chi connectivity index (χ2v) is 12.0. The molecular weight excluding hydrogens is 562 g/mol. The summed E-state index contributed by atoms with van der Waals surface area (Å²) in [5.41, 5.74) is 5.60. The summed E-state index contributed by atoms with van der Waals surface area (Å²) in [5.74, 6) is -1.96. The number of fused-ring (bicyclic) bond motifs is 4. The van der Waals surface area contributed by atoms with Gasteiger partial charge < -0.3 is 20.1 Å². The summed E-state index contributed by atoms with van der Waals surface area (Å²) in [4.78, 5) is 57.2. The zero-order valence-corrected chi connectivity index (χ0v) is 26.3. The largest absolute Gasteiger partial charge is 0.452 e. The minimum absolute atomic E-state index is 0.103. The Morgan fingerprint density at radius 2 is 1.73 bits per heavy atom. The number of rotatable bonds is 2. The zero-order chi connectivity index (χ0) is 31.8. The molecule has 1 saturated heterocycles. The Kier molecular flexibility index (Phi) is 11.5. The molecule has 0 spiro atoms. The first kappa shape index (κ1) is 33.1. The van der Waals surface area contributed by atoms with Crippen molar-refractivity contribution >= 4 is 40.7 Å². The van der Waals surface area contributed by atoms with E-state index in [0.29, 0.717) is 32.2 Å². The lowest BCUT2D eigenvalue weighted by Crippen LogP contribution is -2.61. The number of hydrazine groups is 1. The predicted octanol–water partition coefficient (Wildman–Crippen LogP) is 3.58. The van der Waals surface area contributed by atoms with Crippen LogP contribution in [0.5, 0.6) is 0 Å². The second kappa shape index (κ2) is 15.3. The topological polar surface area (TPSA) is 139 Å². The van der Waals surface area contributed by atoms with Crippen molar-refractivity contribution in [2.24, 2.45) is 5.92 Å². The van der Waals surface area contributed by atoms with Crippen LogP contribution in [0.2, 0.25) is 0 Å². The van der Waals surface area contributed by atoms with Gasteiger partial charge >= 0.3 is 5.97 Å². The van der Waals surface area contributed by atoms with Gasteiger partial charge in [-0.25, -0.2) is 5.43 Å².